The lowest BCUT2D eigenvalue weighted by Crippen LogP contribution is -2.62. The Bertz CT molecular complexity index is 172. The minimum atomic E-state index is 0.622. The molecular weight excluding hydrogens is 176 g/mol. The number of likely N-dealkylation sites (tertiary alicyclic amines) is 1. The zero-order valence-corrected chi connectivity index (χ0v) is 9.33. The van der Waals surface area contributed by atoms with Crippen molar-refractivity contribution in [1.82, 2.24) is 10.2 Å². The van der Waals surface area contributed by atoms with Crippen molar-refractivity contribution in [1.29, 1.82) is 0 Å². The van der Waals surface area contributed by atoms with E-state index in [9.17, 15) is 0 Å². The van der Waals surface area contributed by atoms with Crippen LogP contribution in [0.5, 0.6) is 0 Å². The van der Waals surface area contributed by atoms with Gasteiger partial charge in [-0.15, -0.1) is 0 Å². The standard InChI is InChI=1S/C11H22N2O/c1-9(2)12-10-7-13(8-10)11-3-5-14-6-4-11/h9-12H,3-8H2,1-2H3. The van der Waals surface area contributed by atoms with Gasteiger partial charge in [0.1, 0.15) is 0 Å². The monoisotopic (exact) mass is 198 g/mol. The molecule has 0 amide bonds. The van der Waals surface area contributed by atoms with E-state index in [0.717, 1.165) is 25.3 Å². The summed E-state index contributed by atoms with van der Waals surface area (Å²) in [7, 11) is 0. The third-order valence-corrected chi connectivity index (χ3v) is 3.19. The third kappa shape index (κ3) is 2.47. The van der Waals surface area contributed by atoms with E-state index in [-0.39, 0.29) is 0 Å². The molecule has 0 saturated carbocycles. The number of ether oxygens (including phenoxy) is 1. The highest BCUT2D eigenvalue weighted by atomic mass is 16.5. The van der Waals surface area contributed by atoms with Crippen LogP contribution < -0.4 is 5.32 Å². The lowest BCUT2D eigenvalue weighted by Gasteiger charge is -2.46. The number of rotatable bonds is 3. The average molecular weight is 198 g/mol. The first-order valence-electron chi connectivity index (χ1n) is 5.83. The van der Waals surface area contributed by atoms with Crippen LogP contribution in [0.3, 0.4) is 0 Å². The van der Waals surface area contributed by atoms with E-state index in [4.69, 9.17) is 4.74 Å². The van der Waals surface area contributed by atoms with Crippen LogP contribution in [0.2, 0.25) is 0 Å². The fourth-order valence-corrected chi connectivity index (χ4v) is 2.44. The third-order valence-electron chi connectivity index (χ3n) is 3.19. The van der Waals surface area contributed by atoms with E-state index in [2.05, 4.69) is 24.1 Å². The van der Waals surface area contributed by atoms with Crippen molar-refractivity contribution < 1.29 is 4.74 Å². The van der Waals surface area contributed by atoms with E-state index < -0.39 is 0 Å². The van der Waals surface area contributed by atoms with Crippen molar-refractivity contribution in [3.05, 3.63) is 0 Å². The molecule has 0 aromatic rings. The van der Waals surface area contributed by atoms with Crippen LogP contribution in [0, 0.1) is 0 Å². The van der Waals surface area contributed by atoms with Crippen LogP contribution in [-0.4, -0.2) is 49.3 Å². The molecule has 2 saturated heterocycles. The predicted octanol–water partition coefficient (Wildman–Crippen LogP) is 0.848. The van der Waals surface area contributed by atoms with Gasteiger partial charge in [0, 0.05) is 44.4 Å². The molecule has 82 valence electrons. The van der Waals surface area contributed by atoms with E-state index in [1.807, 2.05) is 0 Å². The van der Waals surface area contributed by atoms with Gasteiger partial charge in [-0.25, -0.2) is 0 Å². The van der Waals surface area contributed by atoms with Crippen molar-refractivity contribution in [2.45, 2.75) is 44.8 Å². The molecule has 3 heteroatoms. The first-order chi connectivity index (χ1) is 6.75. The van der Waals surface area contributed by atoms with E-state index in [1.54, 1.807) is 0 Å². The van der Waals surface area contributed by atoms with E-state index in [1.165, 1.54) is 25.9 Å². The summed E-state index contributed by atoms with van der Waals surface area (Å²) in [6.45, 7) is 8.84. The number of hydrogen-bond acceptors (Lipinski definition) is 3. The van der Waals surface area contributed by atoms with Gasteiger partial charge in [0.05, 0.1) is 0 Å². The Morgan fingerprint density at radius 1 is 1.21 bits per heavy atom. The normalized spacial score (nSPS) is 26.8. The lowest BCUT2D eigenvalue weighted by molar-refractivity contribution is -0.00484. The van der Waals surface area contributed by atoms with E-state index in [0.29, 0.717) is 6.04 Å². The predicted molar refractivity (Wildman–Crippen MR) is 57.5 cm³/mol. The summed E-state index contributed by atoms with van der Waals surface area (Å²) in [6, 6.07) is 2.16. The summed E-state index contributed by atoms with van der Waals surface area (Å²) in [4.78, 5) is 2.60. The maximum Gasteiger partial charge on any atom is 0.0480 e. The van der Waals surface area contributed by atoms with Crippen LogP contribution in [0.4, 0.5) is 0 Å². The molecule has 0 aromatic heterocycles. The van der Waals surface area contributed by atoms with Crippen LogP contribution in [0.15, 0.2) is 0 Å². The Hall–Kier alpha value is -0.120. The van der Waals surface area contributed by atoms with Crippen molar-refractivity contribution >= 4 is 0 Å². The van der Waals surface area contributed by atoms with Crippen molar-refractivity contribution in [3.63, 3.8) is 0 Å². The molecule has 0 radical (unpaired) electrons. The molecule has 0 unspecified atom stereocenters. The molecule has 14 heavy (non-hydrogen) atoms. The molecule has 0 bridgehead atoms. The summed E-state index contributed by atoms with van der Waals surface area (Å²) in [5.74, 6) is 0. The quantitative estimate of drug-likeness (QED) is 0.727. The Kier molecular flexibility index (Phi) is 3.42. The molecule has 2 rings (SSSR count). The molecule has 2 aliphatic rings. The molecule has 0 spiro atoms. The van der Waals surface area contributed by atoms with Gasteiger partial charge in [0.25, 0.3) is 0 Å². The second-order valence-electron chi connectivity index (χ2n) is 4.82. The Labute approximate surface area is 86.8 Å². The SMILES string of the molecule is CC(C)NC1CN(C2CCOCC2)C1. The summed E-state index contributed by atoms with van der Waals surface area (Å²) < 4.78 is 5.37. The summed E-state index contributed by atoms with van der Waals surface area (Å²) in [6.07, 6.45) is 2.46. The molecule has 0 aromatic carbocycles. The molecule has 0 atom stereocenters. The van der Waals surface area contributed by atoms with Crippen LogP contribution in [-0.2, 0) is 4.74 Å². The van der Waals surface area contributed by atoms with Gasteiger partial charge >= 0.3 is 0 Å². The maximum absolute atomic E-state index is 5.37. The molecular formula is C11H22N2O. The van der Waals surface area contributed by atoms with Crippen molar-refractivity contribution in [2.24, 2.45) is 0 Å². The fraction of sp³-hybridized carbons (Fsp3) is 1.00. The Morgan fingerprint density at radius 2 is 1.86 bits per heavy atom. The molecule has 0 aliphatic carbocycles. The topological polar surface area (TPSA) is 24.5 Å². The van der Waals surface area contributed by atoms with Gasteiger partial charge in [-0.05, 0) is 12.8 Å². The molecule has 2 aliphatic heterocycles. The van der Waals surface area contributed by atoms with Crippen LogP contribution in [0.1, 0.15) is 26.7 Å². The number of nitrogens with one attached hydrogen (secondary N) is 1. The van der Waals surface area contributed by atoms with Gasteiger partial charge in [0.15, 0.2) is 0 Å². The van der Waals surface area contributed by atoms with Gasteiger partial charge < -0.3 is 10.1 Å². The van der Waals surface area contributed by atoms with E-state index >= 15 is 0 Å². The maximum atomic E-state index is 5.37. The highest BCUT2D eigenvalue weighted by Gasteiger charge is 2.32. The van der Waals surface area contributed by atoms with Crippen LogP contribution >= 0.6 is 0 Å². The molecule has 2 fully saturated rings. The largest absolute Gasteiger partial charge is 0.381 e. The lowest BCUT2D eigenvalue weighted by atomic mass is 9.99. The number of hydrogen-bond donors (Lipinski definition) is 1. The van der Waals surface area contributed by atoms with Crippen LogP contribution in [0.25, 0.3) is 0 Å². The van der Waals surface area contributed by atoms with Crippen molar-refractivity contribution in [3.8, 4) is 0 Å². The number of nitrogens with zero attached hydrogens (tertiary/aromatic N) is 1. The van der Waals surface area contributed by atoms with Gasteiger partial charge in [-0.3, -0.25) is 4.90 Å². The molecule has 1 N–H and O–H groups in total. The minimum Gasteiger partial charge on any atom is -0.381 e. The van der Waals surface area contributed by atoms with Gasteiger partial charge in [-0.1, -0.05) is 13.8 Å². The summed E-state index contributed by atoms with van der Waals surface area (Å²) in [5, 5.41) is 3.58. The Balaban J connectivity index is 1.66. The summed E-state index contributed by atoms with van der Waals surface area (Å²) in [5.41, 5.74) is 0. The highest BCUT2D eigenvalue weighted by Crippen LogP contribution is 2.20. The fourth-order valence-electron chi connectivity index (χ4n) is 2.44. The van der Waals surface area contributed by atoms with Gasteiger partial charge in [0.2, 0.25) is 0 Å². The first-order valence-corrected chi connectivity index (χ1v) is 5.83. The second-order valence-corrected chi connectivity index (χ2v) is 4.82. The Morgan fingerprint density at radius 3 is 2.43 bits per heavy atom. The van der Waals surface area contributed by atoms with Crippen molar-refractivity contribution in [2.75, 3.05) is 26.3 Å². The second kappa shape index (κ2) is 4.60. The highest BCUT2D eigenvalue weighted by molar-refractivity contribution is 4.91. The average Bonchev–Trinajstić information content (AvgIpc) is 2.12. The first kappa shape index (κ1) is 10.4. The smallest absolute Gasteiger partial charge is 0.0480 e. The zero-order valence-electron chi connectivity index (χ0n) is 9.33. The minimum absolute atomic E-state index is 0.622. The summed E-state index contributed by atoms with van der Waals surface area (Å²) >= 11 is 0. The molecule has 2 heterocycles. The zero-order chi connectivity index (χ0) is 9.97. The molecule has 3 nitrogen and oxygen atoms in total. The van der Waals surface area contributed by atoms with Gasteiger partial charge in [-0.2, -0.15) is 0 Å².